The predicted molar refractivity (Wildman–Crippen MR) is 85.0 cm³/mol. The summed E-state index contributed by atoms with van der Waals surface area (Å²) in [5.41, 5.74) is 0. The molecule has 1 heterocycles. The quantitative estimate of drug-likeness (QED) is 0.815. The van der Waals surface area contributed by atoms with Gasteiger partial charge in [0, 0.05) is 22.3 Å². The lowest BCUT2D eigenvalue weighted by Crippen LogP contribution is -2.14. The van der Waals surface area contributed by atoms with E-state index >= 15 is 0 Å². The Kier molecular flexibility index (Phi) is 4.51. The molecular formula is C15H15Cl2NOS. The van der Waals surface area contributed by atoms with Crippen LogP contribution < -0.4 is 10.1 Å². The highest BCUT2D eigenvalue weighted by Gasteiger charge is 2.20. The van der Waals surface area contributed by atoms with Crippen molar-refractivity contribution in [1.29, 1.82) is 0 Å². The third kappa shape index (κ3) is 3.67. The standard InChI is InChI=1S/C15H15Cl2NOS/c16-13-2-1-3-14(15(13)17)19-9-12-7-6-11(20-12)8-18-10-4-5-10/h1-3,6-7,10,18H,4-5,8-9H2. The van der Waals surface area contributed by atoms with Gasteiger partial charge < -0.3 is 10.1 Å². The second-order valence-corrected chi connectivity index (χ2v) is 6.90. The van der Waals surface area contributed by atoms with E-state index in [9.17, 15) is 0 Å². The van der Waals surface area contributed by atoms with Gasteiger partial charge in [-0.05, 0) is 37.1 Å². The van der Waals surface area contributed by atoms with Crippen molar-refractivity contribution >= 4 is 34.5 Å². The van der Waals surface area contributed by atoms with Crippen LogP contribution in [0.25, 0.3) is 0 Å². The summed E-state index contributed by atoms with van der Waals surface area (Å²) in [4.78, 5) is 2.53. The topological polar surface area (TPSA) is 21.3 Å². The van der Waals surface area contributed by atoms with Crippen molar-refractivity contribution in [3.63, 3.8) is 0 Å². The van der Waals surface area contributed by atoms with Gasteiger partial charge in [-0.25, -0.2) is 0 Å². The Labute approximate surface area is 132 Å². The largest absolute Gasteiger partial charge is 0.486 e. The van der Waals surface area contributed by atoms with E-state index in [1.807, 2.05) is 12.1 Å². The highest BCUT2D eigenvalue weighted by atomic mass is 35.5. The van der Waals surface area contributed by atoms with Gasteiger partial charge in [-0.1, -0.05) is 29.3 Å². The van der Waals surface area contributed by atoms with Crippen molar-refractivity contribution in [1.82, 2.24) is 5.32 Å². The van der Waals surface area contributed by atoms with E-state index in [1.165, 1.54) is 22.6 Å². The average molecular weight is 328 g/mol. The second kappa shape index (κ2) is 6.35. The third-order valence-electron chi connectivity index (χ3n) is 3.15. The molecule has 0 aliphatic heterocycles. The maximum atomic E-state index is 6.09. The molecule has 5 heteroatoms. The van der Waals surface area contributed by atoms with Crippen molar-refractivity contribution in [2.45, 2.75) is 32.0 Å². The van der Waals surface area contributed by atoms with Crippen LogP contribution in [0, 0.1) is 0 Å². The van der Waals surface area contributed by atoms with E-state index in [2.05, 4.69) is 17.4 Å². The minimum Gasteiger partial charge on any atom is -0.486 e. The molecular weight excluding hydrogens is 313 g/mol. The first-order chi connectivity index (χ1) is 9.72. The van der Waals surface area contributed by atoms with E-state index in [0.29, 0.717) is 22.4 Å². The fraction of sp³-hybridized carbons (Fsp3) is 0.333. The summed E-state index contributed by atoms with van der Waals surface area (Å²) in [6.45, 7) is 1.47. The molecule has 20 heavy (non-hydrogen) atoms. The van der Waals surface area contributed by atoms with E-state index in [0.717, 1.165) is 12.6 Å². The van der Waals surface area contributed by atoms with Gasteiger partial charge in [0.2, 0.25) is 0 Å². The number of hydrogen-bond acceptors (Lipinski definition) is 3. The highest BCUT2D eigenvalue weighted by Crippen LogP contribution is 2.32. The molecule has 1 fully saturated rings. The lowest BCUT2D eigenvalue weighted by Gasteiger charge is -2.07. The molecule has 1 N–H and O–H groups in total. The Morgan fingerprint density at radius 2 is 1.95 bits per heavy atom. The smallest absolute Gasteiger partial charge is 0.139 e. The Morgan fingerprint density at radius 1 is 1.15 bits per heavy atom. The maximum absolute atomic E-state index is 6.09. The van der Waals surface area contributed by atoms with Crippen LogP contribution in [-0.4, -0.2) is 6.04 Å². The molecule has 3 rings (SSSR count). The van der Waals surface area contributed by atoms with Crippen LogP contribution in [0.1, 0.15) is 22.6 Å². The molecule has 0 bridgehead atoms. The van der Waals surface area contributed by atoms with E-state index < -0.39 is 0 Å². The van der Waals surface area contributed by atoms with Crippen molar-refractivity contribution in [3.05, 3.63) is 50.1 Å². The summed E-state index contributed by atoms with van der Waals surface area (Å²) in [6.07, 6.45) is 2.63. The van der Waals surface area contributed by atoms with Gasteiger partial charge in [-0.3, -0.25) is 0 Å². The molecule has 0 unspecified atom stereocenters. The third-order valence-corrected chi connectivity index (χ3v) is 5.01. The molecule has 2 aromatic rings. The number of thiophene rings is 1. The van der Waals surface area contributed by atoms with Gasteiger partial charge in [-0.2, -0.15) is 0 Å². The fourth-order valence-corrected chi connectivity index (χ4v) is 3.10. The van der Waals surface area contributed by atoms with Gasteiger partial charge in [0.15, 0.2) is 0 Å². The predicted octanol–water partition coefficient (Wildman–Crippen LogP) is 4.89. The monoisotopic (exact) mass is 327 g/mol. The van der Waals surface area contributed by atoms with Crippen molar-refractivity contribution in [2.75, 3.05) is 0 Å². The van der Waals surface area contributed by atoms with Crippen molar-refractivity contribution in [3.8, 4) is 5.75 Å². The lowest BCUT2D eigenvalue weighted by molar-refractivity contribution is 0.310. The molecule has 1 aromatic heterocycles. The molecule has 0 amide bonds. The number of ether oxygens (including phenoxy) is 1. The zero-order valence-corrected chi connectivity index (χ0v) is 13.2. The zero-order valence-electron chi connectivity index (χ0n) is 10.9. The normalized spacial score (nSPS) is 14.5. The van der Waals surface area contributed by atoms with E-state index in [-0.39, 0.29) is 0 Å². The molecule has 0 spiro atoms. The van der Waals surface area contributed by atoms with Gasteiger partial charge in [-0.15, -0.1) is 11.3 Å². The van der Waals surface area contributed by atoms with Crippen molar-refractivity contribution < 1.29 is 4.74 Å². The fourth-order valence-electron chi connectivity index (χ4n) is 1.87. The number of rotatable bonds is 6. The Bertz CT molecular complexity index is 595. The highest BCUT2D eigenvalue weighted by molar-refractivity contribution is 7.11. The molecule has 1 saturated carbocycles. The summed E-state index contributed by atoms with van der Waals surface area (Å²) in [5.74, 6) is 0.630. The molecule has 0 atom stereocenters. The van der Waals surface area contributed by atoms with Crippen LogP contribution in [0.3, 0.4) is 0 Å². The molecule has 0 saturated heterocycles. The number of halogens is 2. The molecule has 1 aliphatic rings. The minimum absolute atomic E-state index is 0.473. The first-order valence-corrected chi connectivity index (χ1v) is 8.17. The van der Waals surface area contributed by atoms with Crippen LogP contribution in [0.15, 0.2) is 30.3 Å². The molecule has 106 valence electrons. The summed E-state index contributed by atoms with van der Waals surface area (Å²) in [7, 11) is 0. The van der Waals surface area contributed by atoms with Crippen LogP contribution in [0.5, 0.6) is 5.75 Å². The van der Waals surface area contributed by atoms with Crippen LogP contribution in [0.4, 0.5) is 0 Å². The molecule has 1 aliphatic carbocycles. The Hall–Kier alpha value is -0.740. The SMILES string of the molecule is Clc1cccc(OCc2ccc(CNC3CC3)s2)c1Cl. The molecule has 2 nitrogen and oxygen atoms in total. The van der Waals surface area contributed by atoms with Gasteiger partial charge in [0.25, 0.3) is 0 Å². The minimum atomic E-state index is 0.473. The number of benzene rings is 1. The van der Waals surface area contributed by atoms with E-state index in [4.69, 9.17) is 27.9 Å². The van der Waals surface area contributed by atoms with Gasteiger partial charge in [0.1, 0.15) is 17.4 Å². The number of hydrogen-bond donors (Lipinski definition) is 1. The average Bonchev–Trinajstić information content (AvgIpc) is 3.17. The Balaban J connectivity index is 1.56. The van der Waals surface area contributed by atoms with Gasteiger partial charge in [0.05, 0.1) is 5.02 Å². The van der Waals surface area contributed by atoms with E-state index in [1.54, 1.807) is 17.4 Å². The summed E-state index contributed by atoms with van der Waals surface area (Å²) in [6, 6.07) is 10.4. The number of nitrogens with one attached hydrogen (secondary N) is 1. The summed E-state index contributed by atoms with van der Waals surface area (Å²) in [5, 5.41) is 4.50. The summed E-state index contributed by atoms with van der Waals surface area (Å²) < 4.78 is 5.73. The first kappa shape index (κ1) is 14.2. The Morgan fingerprint density at radius 3 is 2.75 bits per heavy atom. The summed E-state index contributed by atoms with van der Waals surface area (Å²) >= 11 is 13.8. The molecule has 1 aromatic carbocycles. The van der Waals surface area contributed by atoms with Crippen LogP contribution >= 0.6 is 34.5 Å². The van der Waals surface area contributed by atoms with Crippen molar-refractivity contribution in [2.24, 2.45) is 0 Å². The van der Waals surface area contributed by atoms with Crippen LogP contribution in [-0.2, 0) is 13.2 Å². The first-order valence-electron chi connectivity index (χ1n) is 6.60. The lowest BCUT2D eigenvalue weighted by atomic mass is 10.3. The van der Waals surface area contributed by atoms with Gasteiger partial charge >= 0.3 is 0 Å². The zero-order chi connectivity index (χ0) is 13.9. The van der Waals surface area contributed by atoms with Crippen LogP contribution in [0.2, 0.25) is 10.0 Å². The second-order valence-electron chi connectivity index (χ2n) is 4.86. The molecule has 0 radical (unpaired) electrons. The maximum Gasteiger partial charge on any atom is 0.139 e.